The van der Waals surface area contributed by atoms with Gasteiger partial charge in [0.25, 0.3) is 0 Å². The average molecular weight is 397 g/mol. The van der Waals surface area contributed by atoms with Crippen LogP contribution in [-0.2, 0) is 12.7 Å². The van der Waals surface area contributed by atoms with Crippen LogP contribution < -0.4 is 10.6 Å². The molecular weight excluding hydrogens is 384 g/mol. The Bertz CT molecular complexity index is 947. The van der Waals surface area contributed by atoms with Gasteiger partial charge in [-0.1, -0.05) is 29.8 Å². The van der Waals surface area contributed by atoms with Crippen molar-refractivity contribution in [3.63, 3.8) is 0 Å². The Morgan fingerprint density at radius 1 is 1.04 bits per heavy atom. The second-order valence-corrected chi connectivity index (χ2v) is 5.94. The number of halogens is 5. The number of benzene rings is 2. The molecule has 0 saturated heterocycles. The molecule has 0 atom stereocenters. The van der Waals surface area contributed by atoms with Gasteiger partial charge in [-0.2, -0.15) is 18.2 Å². The van der Waals surface area contributed by atoms with Gasteiger partial charge in [-0.25, -0.2) is 9.37 Å². The van der Waals surface area contributed by atoms with E-state index in [1.165, 1.54) is 18.3 Å². The number of anilines is 3. The number of nitrogens with one attached hydrogen (secondary N) is 2. The van der Waals surface area contributed by atoms with E-state index in [1.54, 1.807) is 18.2 Å². The van der Waals surface area contributed by atoms with Crippen molar-refractivity contribution in [2.75, 3.05) is 10.6 Å². The van der Waals surface area contributed by atoms with E-state index in [0.717, 1.165) is 18.2 Å². The Kier molecular flexibility index (Phi) is 5.46. The van der Waals surface area contributed by atoms with Crippen molar-refractivity contribution in [2.45, 2.75) is 12.7 Å². The molecule has 0 amide bonds. The summed E-state index contributed by atoms with van der Waals surface area (Å²) in [5.74, 6) is 0.0589. The van der Waals surface area contributed by atoms with Crippen molar-refractivity contribution in [1.82, 2.24) is 9.97 Å². The summed E-state index contributed by atoms with van der Waals surface area (Å²) in [6, 6.07) is 10.7. The summed E-state index contributed by atoms with van der Waals surface area (Å²) in [6.45, 7) is 0.153. The first-order valence-corrected chi connectivity index (χ1v) is 8.15. The van der Waals surface area contributed by atoms with Crippen molar-refractivity contribution in [3.8, 4) is 0 Å². The van der Waals surface area contributed by atoms with Gasteiger partial charge in [0.2, 0.25) is 5.95 Å². The number of hydrogen-bond acceptors (Lipinski definition) is 4. The van der Waals surface area contributed by atoms with Gasteiger partial charge in [-0.05, 0) is 30.3 Å². The minimum atomic E-state index is -4.49. The molecule has 140 valence electrons. The van der Waals surface area contributed by atoms with E-state index < -0.39 is 11.7 Å². The van der Waals surface area contributed by atoms with Gasteiger partial charge >= 0.3 is 6.18 Å². The fourth-order valence-corrected chi connectivity index (χ4v) is 2.43. The van der Waals surface area contributed by atoms with Gasteiger partial charge in [-0.3, -0.25) is 0 Å². The van der Waals surface area contributed by atoms with Gasteiger partial charge in [0.1, 0.15) is 11.6 Å². The van der Waals surface area contributed by atoms with Gasteiger partial charge < -0.3 is 10.6 Å². The van der Waals surface area contributed by atoms with Crippen LogP contribution in [0, 0.1) is 5.82 Å². The highest BCUT2D eigenvalue weighted by atomic mass is 35.5. The molecule has 0 bridgehead atoms. The summed E-state index contributed by atoms with van der Waals surface area (Å²) in [5, 5.41) is 5.71. The molecule has 2 N–H and O–H groups in total. The fourth-order valence-electron chi connectivity index (χ4n) is 2.26. The zero-order valence-corrected chi connectivity index (χ0v) is 14.4. The summed E-state index contributed by atoms with van der Waals surface area (Å²) in [7, 11) is 0. The summed E-state index contributed by atoms with van der Waals surface area (Å²) < 4.78 is 52.2. The molecule has 0 spiro atoms. The standard InChI is InChI=1S/C18H13ClF4N4/c19-13-6-5-12(18(21,22)23)9-15(13)26-16-7-8-24-17(27-16)25-10-11-3-1-2-4-14(11)20/h1-9H,10H2,(H2,24,25,26,27). The van der Waals surface area contributed by atoms with Crippen LogP contribution in [0.4, 0.5) is 35.0 Å². The first-order valence-electron chi connectivity index (χ1n) is 7.77. The molecule has 27 heavy (non-hydrogen) atoms. The third-order valence-corrected chi connectivity index (χ3v) is 3.94. The average Bonchev–Trinajstić information content (AvgIpc) is 2.62. The normalized spacial score (nSPS) is 11.3. The number of hydrogen-bond donors (Lipinski definition) is 2. The zero-order valence-electron chi connectivity index (χ0n) is 13.7. The second-order valence-electron chi connectivity index (χ2n) is 5.53. The van der Waals surface area contributed by atoms with E-state index in [0.29, 0.717) is 5.56 Å². The highest BCUT2D eigenvalue weighted by molar-refractivity contribution is 6.33. The summed E-state index contributed by atoms with van der Waals surface area (Å²) in [4.78, 5) is 8.16. The predicted octanol–water partition coefficient (Wildman–Crippen LogP) is 5.64. The number of nitrogens with zero attached hydrogens (tertiary/aromatic N) is 2. The molecule has 0 radical (unpaired) electrons. The van der Waals surface area contributed by atoms with Crippen LogP contribution in [0.15, 0.2) is 54.7 Å². The molecule has 0 aliphatic heterocycles. The highest BCUT2D eigenvalue weighted by Gasteiger charge is 2.31. The first kappa shape index (κ1) is 18.9. The number of rotatable bonds is 5. The topological polar surface area (TPSA) is 49.8 Å². The Hall–Kier alpha value is -2.87. The lowest BCUT2D eigenvalue weighted by atomic mass is 10.2. The van der Waals surface area contributed by atoms with Crippen LogP contribution in [0.3, 0.4) is 0 Å². The Morgan fingerprint density at radius 3 is 2.56 bits per heavy atom. The molecule has 0 saturated carbocycles. The molecule has 3 aromatic rings. The van der Waals surface area contributed by atoms with Crippen LogP contribution in [0.1, 0.15) is 11.1 Å². The first-order chi connectivity index (χ1) is 12.8. The molecule has 0 aliphatic rings. The van der Waals surface area contributed by atoms with Crippen LogP contribution in [0.2, 0.25) is 5.02 Å². The minimum Gasteiger partial charge on any atom is -0.350 e. The van der Waals surface area contributed by atoms with E-state index in [2.05, 4.69) is 20.6 Å². The maximum absolute atomic E-state index is 13.6. The SMILES string of the molecule is Fc1ccccc1CNc1nccc(Nc2cc(C(F)(F)F)ccc2Cl)n1. The molecule has 0 aliphatic carbocycles. The molecule has 9 heteroatoms. The third-order valence-electron chi connectivity index (χ3n) is 3.61. The second kappa shape index (κ2) is 7.79. The quantitative estimate of drug-likeness (QED) is 0.548. The molecule has 1 aromatic heterocycles. The van der Waals surface area contributed by atoms with E-state index in [9.17, 15) is 17.6 Å². The van der Waals surface area contributed by atoms with Crippen LogP contribution >= 0.6 is 11.6 Å². The Balaban J connectivity index is 1.75. The maximum Gasteiger partial charge on any atom is 0.416 e. The minimum absolute atomic E-state index is 0.0604. The lowest BCUT2D eigenvalue weighted by Crippen LogP contribution is -2.07. The lowest BCUT2D eigenvalue weighted by molar-refractivity contribution is -0.137. The largest absolute Gasteiger partial charge is 0.416 e. The summed E-state index contributed by atoms with van der Waals surface area (Å²) in [5.41, 5.74) is -0.341. The number of aromatic nitrogens is 2. The fraction of sp³-hybridized carbons (Fsp3) is 0.111. The van der Waals surface area contributed by atoms with Gasteiger partial charge in [0.15, 0.2) is 0 Å². The molecule has 1 heterocycles. The monoisotopic (exact) mass is 396 g/mol. The van der Waals surface area contributed by atoms with E-state index in [4.69, 9.17) is 11.6 Å². The molecule has 0 unspecified atom stereocenters. The molecular formula is C18H13ClF4N4. The zero-order chi connectivity index (χ0) is 19.4. The van der Waals surface area contributed by atoms with Crippen molar-refractivity contribution in [2.24, 2.45) is 0 Å². The van der Waals surface area contributed by atoms with Crippen LogP contribution in [0.5, 0.6) is 0 Å². The van der Waals surface area contributed by atoms with Crippen molar-refractivity contribution < 1.29 is 17.6 Å². The Labute approximate surface area is 157 Å². The van der Waals surface area contributed by atoms with E-state index in [-0.39, 0.29) is 34.8 Å². The van der Waals surface area contributed by atoms with Crippen LogP contribution in [-0.4, -0.2) is 9.97 Å². The van der Waals surface area contributed by atoms with Crippen LogP contribution in [0.25, 0.3) is 0 Å². The summed E-state index contributed by atoms with van der Waals surface area (Å²) in [6.07, 6.45) is -3.07. The molecule has 2 aromatic carbocycles. The molecule has 3 rings (SSSR count). The molecule has 0 fully saturated rings. The van der Waals surface area contributed by atoms with E-state index >= 15 is 0 Å². The third kappa shape index (κ3) is 4.85. The number of alkyl halides is 3. The predicted molar refractivity (Wildman–Crippen MR) is 95.5 cm³/mol. The van der Waals surface area contributed by atoms with Crippen molar-refractivity contribution in [1.29, 1.82) is 0 Å². The van der Waals surface area contributed by atoms with Crippen molar-refractivity contribution >= 4 is 29.1 Å². The van der Waals surface area contributed by atoms with Gasteiger partial charge in [0, 0.05) is 18.3 Å². The van der Waals surface area contributed by atoms with Gasteiger partial charge in [-0.15, -0.1) is 0 Å². The highest BCUT2D eigenvalue weighted by Crippen LogP contribution is 2.34. The van der Waals surface area contributed by atoms with Gasteiger partial charge in [0.05, 0.1) is 16.3 Å². The lowest BCUT2D eigenvalue weighted by Gasteiger charge is -2.12. The smallest absolute Gasteiger partial charge is 0.350 e. The maximum atomic E-state index is 13.6. The summed E-state index contributed by atoms with van der Waals surface area (Å²) >= 11 is 5.96. The van der Waals surface area contributed by atoms with Crippen molar-refractivity contribution in [3.05, 3.63) is 76.7 Å². The molecule has 4 nitrogen and oxygen atoms in total. The van der Waals surface area contributed by atoms with E-state index in [1.807, 2.05) is 0 Å². The Morgan fingerprint density at radius 2 is 1.81 bits per heavy atom.